The van der Waals surface area contributed by atoms with Crippen LogP contribution in [-0.2, 0) is 77.5 Å². The number of benzene rings is 3. The average molecular weight is 1220 g/mol. The first-order valence-corrected chi connectivity index (χ1v) is 30.1. The van der Waals surface area contributed by atoms with Gasteiger partial charge in [-0.25, -0.2) is 0 Å². The van der Waals surface area contributed by atoms with Gasteiger partial charge in [0.1, 0.15) is 31.5 Å². The Labute approximate surface area is 514 Å². The van der Waals surface area contributed by atoms with Gasteiger partial charge in [0.25, 0.3) is 16.7 Å². The third-order valence-electron chi connectivity index (χ3n) is 14.4. The number of hydrogen-bond acceptors (Lipinski definition) is 18. The monoisotopic (exact) mass is 1210 g/mol. The fourth-order valence-corrected chi connectivity index (χ4v) is 9.75. The molecule has 4 heterocycles. The van der Waals surface area contributed by atoms with Crippen molar-refractivity contribution in [2.24, 2.45) is 0 Å². The molecule has 1 atom stereocenters. The van der Waals surface area contributed by atoms with Crippen LogP contribution in [0, 0.1) is 0 Å². The Hall–Kier alpha value is -7.96. The molecule has 1 aliphatic rings. The van der Waals surface area contributed by atoms with E-state index < -0.39 is 17.6 Å². The zero-order valence-corrected chi connectivity index (χ0v) is 51.3. The fourth-order valence-electron chi connectivity index (χ4n) is 9.75. The van der Waals surface area contributed by atoms with Gasteiger partial charge in [-0.15, -0.1) is 14.2 Å². The van der Waals surface area contributed by atoms with Crippen LogP contribution in [0.5, 0.6) is 0 Å². The number of carbonyl (C=O) groups is 3. The second-order valence-electron chi connectivity index (χ2n) is 22.2. The normalized spacial score (nSPS) is 14.5. The highest BCUT2D eigenvalue weighted by molar-refractivity contribution is 5.79. The molecule has 1 N–H and O–H groups in total. The first-order valence-electron chi connectivity index (χ1n) is 30.1. The predicted molar refractivity (Wildman–Crippen MR) is 331 cm³/mol. The first kappa shape index (κ1) is 67.5. The van der Waals surface area contributed by atoms with E-state index in [1.54, 1.807) is 18.2 Å². The summed E-state index contributed by atoms with van der Waals surface area (Å²) in [6, 6.07) is 43.2. The number of pyridine rings is 3. The van der Waals surface area contributed by atoms with Crippen molar-refractivity contribution in [1.82, 2.24) is 39.1 Å². The SMILES string of the molecule is COC(=O)CCOCCOCCOCCNC(=O)CCC(C(=O)OC(C)(C)C)N1CCN(Cc2cccc(=O)n2OCc2ccccc2)CCN(Cc2cccc(=O)n2OCc2ccccc2)CCN(Cc2cccc(=O)n2OCc2ccccc2)CC1. The number of ether oxygens (including phenoxy) is 5. The summed E-state index contributed by atoms with van der Waals surface area (Å²) in [7, 11) is 1.33. The molecule has 22 nitrogen and oxygen atoms in total. The molecule has 0 aliphatic carbocycles. The number of nitrogens with one attached hydrogen (secondary N) is 1. The highest BCUT2D eigenvalue weighted by Gasteiger charge is 2.32. The highest BCUT2D eigenvalue weighted by Crippen LogP contribution is 2.19. The van der Waals surface area contributed by atoms with Gasteiger partial charge in [0.05, 0.1) is 70.3 Å². The van der Waals surface area contributed by atoms with Gasteiger partial charge in [-0.1, -0.05) is 109 Å². The Balaban J connectivity index is 1.15. The molecule has 1 fully saturated rings. The van der Waals surface area contributed by atoms with Crippen molar-refractivity contribution in [3.05, 3.63) is 210 Å². The molecule has 1 unspecified atom stereocenters. The summed E-state index contributed by atoms with van der Waals surface area (Å²) in [6.07, 6.45) is 0.306. The lowest BCUT2D eigenvalue weighted by Crippen LogP contribution is -2.52. The minimum absolute atomic E-state index is 0.00556. The zero-order chi connectivity index (χ0) is 62.4. The average Bonchev–Trinajstić information content (AvgIpc) is 3.68. The number of esters is 2. The molecular formula is C66H86N8O14. The molecule has 1 aliphatic heterocycles. The summed E-state index contributed by atoms with van der Waals surface area (Å²) in [5, 5.41) is 2.93. The second-order valence-corrected chi connectivity index (χ2v) is 22.2. The van der Waals surface area contributed by atoms with Gasteiger partial charge in [0, 0.05) is 103 Å². The van der Waals surface area contributed by atoms with Gasteiger partial charge in [-0.2, -0.15) is 0 Å². The van der Waals surface area contributed by atoms with E-state index in [2.05, 4.69) is 29.7 Å². The van der Waals surface area contributed by atoms with Crippen LogP contribution in [0.4, 0.5) is 0 Å². The Morgan fingerprint density at radius 2 is 0.841 bits per heavy atom. The molecule has 0 saturated carbocycles. The van der Waals surface area contributed by atoms with Gasteiger partial charge in [0.2, 0.25) is 5.91 Å². The van der Waals surface area contributed by atoms with E-state index in [0.717, 1.165) is 16.7 Å². The fraction of sp³-hybridized carbons (Fsp3) is 0.455. The Kier molecular flexibility index (Phi) is 27.9. The third-order valence-corrected chi connectivity index (χ3v) is 14.4. The van der Waals surface area contributed by atoms with E-state index in [4.69, 9.17) is 33.5 Å². The molecule has 22 heteroatoms. The van der Waals surface area contributed by atoms with Crippen LogP contribution >= 0.6 is 0 Å². The molecule has 1 amide bonds. The number of carbonyl (C=O) groups excluding carboxylic acids is 3. The summed E-state index contributed by atoms with van der Waals surface area (Å²) < 4.78 is 31.4. The van der Waals surface area contributed by atoms with Crippen molar-refractivity contribution in [1.29, 1.82) is 0 Å². The smallest absolute Gasteiger partial charge is 0.323 e. The standard InChI is InChI=1S/C66H86N8O14/c1-66(2,3)88-65(80)59(29-30-60(75)67-32-42-83-44-46-84-45-43-82-41-31-64(79)81-4)71-39-37-69(48-57-24-15-27-62(77)73(57)86-51-54-19-10-6-11-20-54)35-33-68(47-56-23-14-26-61(76)72(56)85-50-53-17-8-5-9-18-53)34-36-70(38-40-71)49-58-25-16-28-63(78)74(58)87-52-55-21-12-7-13-22-55/h5-28,59H,29-52H2,1-4H3,(H,67,75). The number of nitrogens with zero attached hydrogens (tertiary/aromatic N) is 7. The summed E-state index contributed by atoms with van der Waals surface area (Å²) in [4.78, 5) is 108. The molecular weight excluding hydrogens is 1130 g/mol. The van der Waals surface area contributed by atoms with Gasteiger partial charge in [0.15, 0.2) is 0 Å². The van der Waals surface area contributed by atoms with Gasteiger partial charge in [-0.3, -0.25) is 48.4 Å². The van der Waals surface area contributed by atoms with Crippen LogP contribution in [0.25, 0.3) is 0 Å². The third kappa shape index (κ3) is 23.6. The molecule has 7 rings (SSSR count). The van der Waals surface area contributed by atoms with Crippen molar-refractivity contribution in [2.45, 2.75) is 91.1 Å². The van der Waals surface area contributed by atoms with Crippen LogP contribution in [0.3, 0.4) is 0 Å². The lowest BCUT2D eigenvalue weighted by atomic mass is 10.1. The lowest BCUT2D eigenvalue weighted by molar-refractivity contribution is -0.162. The predicted octanol–water partition coefficient (Wildman–Crippen LogP) is 4.40. The van der Waals surface area contributed by atoms with Crippen LogP contribution in [-0.4, -0.2) is 169 Å². The first-order chi connectivity index (χ1) is 42.7. The van der Waals surface area contributed by atoms with Crippen molar-refractivity contribution in [2.75, 3.05) is 106 Å². The van der Waals surface area contributed by atoms with E-state index >= 15 is 0 Å². The molecule has 3 aromatic carbocycles. The Morgan fingerprint density at radius 1 is 0.466 bits per heavy atom. The molecule has 474 valence electrons. The van der Waals surface area contributed by atoms with Gasteiger partial charge in [-0.05, 0) is 62.1 Å². The second kappa shape index (κ2) is 36.4. The van der Waals surface area contributed by atoms with Crippen LogP contribution in [0.1, 0.15) is 73.8 Å². The van der Waals surface area contributed by atoms with E-state index in [0.29, 0.717) is 102 Å². The van der Waals surface area contributed by atoms with E-state index in [9.17, 15) is 28.8 Å². The molecule has 0 radical (unpaired) electrons. The van der Waals surface area contributed by atoms with E-state index in [1.165, 1.54) is 39.5 Å². The van der Waals surface area contributed by atoms with Crippen molar-refractivity contribution in [3.8, 4) is 0 Å². The molecule has 88 heavy (non-hydrogen) atoms. The van der Waals surface area contributed by atoms with Crippen LogP contribution in [0.2, 0.25) is 0 Å². The summed E-state index contributed by atoms with van der Waals surface area (Å²) >= 11 is 0. The molecule has 3 aromatic heterocycles. The van der Waals surface area contributed by atoms with Crippen molar-refractivity contribution < 1.29 is 52.6 Å². The maximum atomic E-state index is 14.7. The molecule has 0 bridgehead atoms. The summed E-state index contributed by atoms with van der Waals surface area (Å²) in [6.45, 7) is 12.1. The number of amides is 1. The number of aromatic nitrogens is 3. The summed E-state index contributed by atoms with van der Waals surface area (Å²) in [5.74, 6) is -1.08. The Morgan fingerprint density at radius 3 is 1.23 bits per heavy atom. The minimum Gasteiger partial charge on any atom is -0.469 e. The minimum atomic E-state index is -0.870. The maximum Gasteiger partial charge on any atom is 0.323 e. The molecule has 6 aromatic rings. The number of rotatable bonds is 32. The highest BCUT2D eigenvalue weighted by atomic mass is 16.7. The number of methoxy groups -OCH3 is 1. The summed E-state index contributed by atoms with van der Waals surface area (Å²) in [5.41, 5.74) is 2.76. The van der Waals surface area contributed by atoms with Gasteiger partial charge < -0.3 is 43.5 Å². The lowest BCUT2D eigenvalue weighted by Gasteiger charge is -2.37. The van der Waals surface area contributed by atoms with Crippen LogP contribution in [0.15, 0.2) is 160 Å². The largest absolute Gasteiger partial charge is 0.469 e. The van der Waals surface area contributed by atoms with Gasteiger partial charge >= 0.3 is 11.9 Å². The van der Waals surface area contributed by atoms with E-state index in [1.807, 2.05) is 130 Å². The topological polar surface area (TPSA) is 216 Å². The molecule has 0 spiro atoms. The van der Waals surface area contributed by atoms with Crippen molar-refractivity contribution >= 4 is 17.8 Å². The number of hydrogen-bond donors (Lipinski definition) is 1. The van der Waals surface area contributed by atoms with Crippen LogP contribution < -0.4 is 36.5 Å². The Bertz CT molecular complexity index is 3110. The maximum absolute atomic E-state index is 14.7. The molecule has 1 saturated heterocycles. The quantitative estimate of drug-likeness (QED) is 0.0458. The van der Waals surface area contributed by atoms with Crippen molar-refractivity contribution in [3.63, 3.8) is 0 Å². The zero-order valence-electron chi connectivity index (χ0n) is 51.3. The van der Waals surface area contributed by atoms with E-state index in [-0.39, 0.29) is 100 Å².